The molecule has 2 heterocycles. The Hall–Kier alpha value is -1.27. The topological polar surface area (TPSA) is 28.2 Å². The van der Waals surface area contributed by atoms with Crippen LogP contribution in [-0.2, 0) is 5.33 Å². The molecule has 0 bridgehead atoms. The molecule has 0 aliphatic carbocycles. The molecule has 0 N–H and O–H groups in total. The van der Waals surface area contributed by atoms with E-state index in [-0.39, 0.29) is 0 Å². The van der Waals surface area contributed by atoms with Crippen LogP contribution in [0.3, 0.4) is 0 Å². The molecule has 0 aromatic carbocycles. The number of rotatable bonds is 1. The first-order valence-corrected chi connectivity index (χ1v) is 5.03. The van der Waals surface area contributed by atoms with E-state index in [9.17, 15) is 0 Å². The SMILES string of the molecule is N#Cc1c(CBr)cn2ccccc12. The Morgan fingerprint density at radius 2 is 2.31 bits per heavy atom. The van der Waals surface area contributed by atoms with Crippen LogP contribution >= 0.6 is 15.9 Å². The maximum Gasteiger partial charge on any atom is 0.102 e. The second kappa shape index (κ2) is 3.23. The van der Waals surface area contributed by atoms with Crippen LogP contribution in [0.4, 0.5) is 0 Å². The van der Waals surface area contributed by atoms with Crippen LogP contribution in [0.2, 0.25) is 0 Å². The van der Waals surface area contributed by atoms with Crippen molar-refractivity contribution in [1.29, 1.82) is 5.26 Å². The van der Waals surface area contributed by atoms with Crippen molar-refractivity contribution < 1.29 is 0 Å². The average Bonchev–Trinajstić information content (AvgIpc) is 2.55. The monoisotopic (exact) mass is 234 g/mol. The fraction of sp³-hybridized carbons (Fsp3) is 0.100. The Balaban J connectivity index is 2.83. The molecule has 0 spiro atoms. The van der Waals surface area contributed by atoms with Gasteiger partial charge in [0.25, 0.3) is 0 Å². The quantitative estimate of drug-likeness (QED) is 0.698. The molecule has 0 radical (unpaired) electrons. The standard InChI is InChI=1S/C10H7BrN2/c11-5-8-7-13-4-2-1-3-10(13)9(8)6-12/h1-4,7H,5H2. The normalized spacial score (nSPS) is 10.2. The van der Waals surface area contributed by atoms with Crippen molar-refractivity contribution in [3.8, 4) is 6.07 Å². The number of hydrogen-bond donors (Lipinski definition) is 0. The van der Waals surface area contributed by atoms with Crippen molar-refractivity contribution in [3.63, 3.8) is 0 Å². The molecule has 0 fully saturated rings. The first kappa shape index (κ1) is 8.33. The smallest absolute Gasteiger partial charge is 0.102 e. The summed E-state index contributed by atoms with van der Waals surface area (Å²) in [6.07, 6.45) is 3.92. The molecule has 0 amide bonds. The summed E-state index contributed by atoms with van der Waals surface area (Å²) in [6.45, 7) is 0. The fourth-order valence-electron chi connectivity index (χ4n) is 1.41. The van der Waals surface area contributed by atoms with Crippen molar-refractivity contribution in [2.24, 2.45) is 0 Å². The van der Waals surface area contributed by atoms with Crippen molar-refractivity contribution >= 4 is 21.4 Å². The molecule has 0 aliphatic heterocycles. The van der Waals surface area contributed by atoms with Crippen molar-refractivity contribution in [2.75, 3.05) is 0 Å². The van der Waals surface area contributed by atoms with Crippen LogP contribution in [0.1, 0.15) is 11.1 Å². The number of fused-ring (bicyclic) bond motifs is 1. The Bertz CT molecular complexity index is 479. The van der Waals surface area contributed by atoms with E-state index in [2.05, 4.69) is 22.0 Å². The highest BCUT2D eigenvalue weighted by molar-refractivity contribution is 9.08. The lowest BCUT2D eigenvalue weighted by atomic mass is 10.2. The molecule has 0 saturated heterocycles. The van der Waals surface area contributed by atoms with Gasteiger partial charge in [0.15, 0.2) is 0 Å². The number of alkyl halides is 1. The number of nitriles is 1. The van der Waals surface area contributed by atoms with Gasteiger partial charge in [0.1, 0.15) is 6.07 Å². The van der Waals surface area contributed by atoms with E-state index in [0.717, 1.165) is 22.0 Å². The molecular weight excluding hydrogens is 228 g/mol. The Labute approximate surface area is 84.5 Å². The summed E-state index contributed by atoms with van der Waals surface area (Å²) < 4.78 is 1.97. The zero-order valence-corrected chi connectivity index (χ0v) is 8.45. The Morgan fingerprint density at radius 3 is 3.00 bits per heavy atom. The fourth-order valence-corrected chi connectivity index (χ4v) is 1.83. The second-order valence-corrected chi connectivity index (χ2v) is 3.33. The van der Waals surface area contributed by atoms with E-state index in [0.29, 0.717) is 0 Å². The largest absolute Gasteiger partial charge is 0.322 e. The van der Waals surface area contributed by atoms with E-state index >= 15 is 0 Å². The molecule has 0 saturated carbocycles. The molecule has 64 valence electrons. The van der Waals surface area contributed by atoms with Crippen LogP contribution in [-0.4, -0.2) is 4.40 Å². The molecule has 0 atom stereocenters. The number of halogens is 1. The zero-order chi connectivity index (χ0) is 9.26. The molecular formula is C10H7BrN2. The molecule has 2 nitrogen and oxygen atoms in total. The minimum atomic E-state index is 0.720. The Morgan fingerprint density at radius 1 is 1.46 bits per heavy atom. The van der Waals surface area contributed by atoms with Gasteiger partial charge in [-0.05, 0) is 17.7 Å². The maximum atomic E-state index is 8.95. The number of pyridine rings is 1. The number of aromatic nitrogens is 1. The average molecular weight is 235 g/mol. The lowest BCUT2D eigenvalue weighted by Crippen LogP contribution is -1.79. The third-order valence-corrected chi connectivity index (χ3v) is 2.62. The van der Waals surface area contributed by atoms with Crippen LogP contribution in [0.25, 0.3) is 5.52 Å². The Kier molecular flexibility index (Phi) is 2.07. The van der Waals surface area contributed by atoms with Crippen LogP contribution in [0.5, 0.6) is 0 Å². The molecule has 2 rings (SSSR count). The van der Waals surface area contributed by atoms with E-state index in [1.807, 2.05) is 35.0 Å². The minimum absolute atomic E-state index is 0.720. The van der Waals surface area contributed by atoms with E-state index in [1.54, 1.807) is 0 Å². The lowest BCUT2D eigenvalue weighted by Gasteiger charge is -1.90. The summed E-state index contributed by atoms with van der Waals surface area (Å²) in [6, 6.07) is 8.06. The van der Waals surface area contributed by atoms with Gasteiger partial charge in [-0.25, -0.2) is 0 Å². The molecule has 2 aromatic rings. The summed E-state index contributed by atoms with van der Waals surface area (Å²) in [5.74, 6) is 0. The second-order valence-electron chi connectivity index (χ2n) is 2.77. The molecule has 13 heavy (non-hydrogen) atoms. The maximum absolute atomic E-state index is 8.95. The van der Waals surface area contributed by atoms with Gasteiger partial charge in [-0.15, -0.1) is 0 Å². The van der Waals surface area contributed by atoms with Crippen molar-refractivity contribution in [2.45, 2.75) is 5.33 Å². The van der Waals surface area contributed by atoms with Crippen LogP contribution < -0.4 is 0 Å². The predicted molar refractivity (Wildman–Crippen MR) is 54.7 cm³/mol. The summed E-state index contributed by atoms with van der Waals surface area (Å²) in [7, 11) is 0. The highest BCUT2D eigenvalue weighted by Gasteiger charge is 2.07. The third kappa shape index (κ3) is 1.24. The number of nitrogens with zero attached hydrogens (tertiary/aromatic N) is 2. The van der Waals surface area contributed by atoms with Gasteiger partial charge < -0.3 is 4.40 Å². The predicted octanol–water partition coefficient (Wildman–Crippen LogP) is 2.71. The van der Waals surface area contributed by atoms with E-state index < -0.39 is 0 Å². The highest BCUT2D eigenvalue weighted by Crippen LogP contribution is 2.19. The molecule has 0 aliphatic rings. The van der Waals surface area contributed by atoms with Gasteiger partial charge in [0, 0.05) is 17.7 Å². The minimum Gasteiger partial charge on any atom is -0.322 e. The van der Waals surface area contributed by atoms with Gasteiger partial charge in [-0.2, -0.15) is 5.26 Å². The third-order valence-electron chi connectivity index (χ3n) is 2.02. The zero-order valence-electron chi connectivity index (χ0n) is 6.87. The van der Waals surface area contributed by atoms with Crippen LogP contribution in [0, 0.1) is 11.3 Å². The van der Waals surface area contributed by atoms with Gasteiger partial charge in [-0.1, -0.05) is 22.0 Å². The first-order valence-electron chi connectivity index (χ1n) is 3.91. The molecule has 3 heteroatoms. The van der Waals surface area contributed by atoms with Crippen molar-refractivity contribution in [1.82, 2.24) is 4.40 Å². The summed E-state index contributed by atoms with van der Waals surface area (Å²) in [4.78, 5) is 0. The summed E-state index contributed by atoms with van der Waals surface area (Å²) in [5, 5.41) is 9.67. The van der Waals surface area contributed by atoms with Crippen molar-refractivity contribution in [3.05, 3.63) is 41.7 Å². The van der Waals surface area contributed by atoms with E-state index in [4.69, 9.17) is 5.26 Å². The van der Waals surface area contributed by atoms with Gasteiger partial charge in [-0.3, -0.25) is 0 Å². The highest BCUT2D eigenvalue weighted by atomic mass is 79.9. The van der Waals surface area contributed by atoms with E-state index in [1.165, 1.54) is 0 Å². The summed E-state index contributed by atoms with van der Waals surface area (Å²) >= 11 is 3.36. The van der Waals surface area contributed by atoms with Gasteiger partial charge in [0.05, 0.1) is 11.1 Å². The molecule has 2 aromatic heterocycles. The van der Waals surface area contributed by atoms with Gasteiger partial charge in [0.2, 0.25) is 0 Å². The summed E-state index contributed by atoms with van der Waals surface area (Å²) in [5.41, 5.74) is 2.77. The lowest BCUT2D eigenvalue weighted by molar-refractivity contribution is 1.19. The first-order chi connectivity index (χ1) is 6.36. The van der Waals surface area contributed by atoms with Gasteiger partial charge >= 0.3 is 0 Å². The molecule has 0 unspecified atom stereocenters. The number of hydrogen-bond acceptors (Lipinski definition) is 1. The van der Waals surface area contributed by atoms with Crippen LogP contribution in [0.15, 0.2) is 30.6 Å².